The molecule has 6 nitrogen and oxygen atoms in total. The van der Waals surface area contributed by atoms with Crippen LogP contribution >= 0.6 is 0 Å². The fraction of sp³-hybridized carbons (Fsp3) is 0.333. The smallest absolute Gasteiger partial charge is 0.263 e. The van der Waals surface area contributed by atoms with Gasteiger partial charge in [-0.15, -0.1) is 0 Å². The number of nitrogens with one attached hydrogen (secondary N) is 1. The van der Waals surface area contributed by atoms with Crippen molar-refractivity contribution in [2.24, 2.45) is 7.05 Å². The molecule has 1 fully saturated rings. The zero-order chi connectivity index (χ0) is 23.0. The predicted octanol–water partition coefficient (Wildman–Crippen LogP) is 4.16. The second-order valence-electron chi connectivity index (χ2n) is 9.09. The number of nitrogens with zero attached hydrogens (tertiary/aromatic N) is 1. The van der Waals surface area contributed by atoms with Gasteiger partial charge in [0.15, 0.2) is 0 Å². The first-order chi connectivity index (χ1) is 15.9. The number of ether oxygens (including phenoxy) is 2. The Bertz CT molecular complexity index is 1260. The van der Waals surface area contributed by atoms with Crippen molar-refractivity contribution in [3.8, 4) is 16.9 Å². The van der Waals surface area contributed by atoms with Gasteiger partial charge in [0.25, 0.3) is 11.5 Å². The van der Waals surface area contributed by atoms with E-state index in [0.29, 0.717) is 19.6 Å². The standard InChI is InChI=1S/C27H28N2O4/c1-18-5-3-6-19(15-18)20-8-9-24-22(16-20)23(17-27(33-24)10-13-32-14-11-27)28-25(30)21-7-4-12-29(2)26(21)31/h3-9,12,15-16,23H,10-11,13-14,17H2,1-2H3,(H,28,30). The van der Waals surface area contributed by atoms with Crippen LogP contribution in [0.25, 0.3) is 11.1 Å². The van der Waals surface area contributed by atoms with Gasteiger partial charge in [0, 0.05) is 38.1 Å². The molecular formula is C27H28N2O4. The zero-order valence-electron chi connectivity index (χ0n) is 19.0. The van der Waals surface area contributed by atoms with Crippen molar-refractivity contribution in [2.45, 2.75) is 37.8 Å². The molecule has 0 saturated carbocycles. The molecule has 0 bridgehead atoms. The van der Waals surface area contributed by atoms with Crippen molar-refractivity contribution in [1.29, 1.82) is 0 Å². The molecule has 1 saturated heterocycles. The molecule has 5 rings (SSSR count). The molecule has 2 aliphatic rings. The minimum absolute atomic E-state index is 0.143. The van der Waals surface area contributed by atoms with Gasteiger partial charge in [-0.1, -0.05) is 35.9 Å². The van der Waals surface area contributed by atoms with Gasteiger partial charge in [-0.3, -0.25) is 9.59 Å². The molecule has 0 radical (unpaired) electrons. The monoisotopic (exact) mass is 444 g/mol. The molecule has 0 aliphatic carbocycles. The molecule has 1 spiro atoms. The molecular weight excluding hydrogens is 416 g/mol. The Balaban J connectivity index is 1.54. The molecule has 2 aliphatic heterocycles. The summed E-state index contributed by atoms with van der Waals surface area (Å²) in [4.78, 5) is 25.7. The third-order valence-electron chi connectivity index (χ3n) is 6.72. The van der Waals surface area contributed by atoms with Crippen molar-refractivity contribution in [3.63, 3.8) is 0 Å². The first-order valence-corrected chi connectivity index (χ1v) is 11.4. The summed E-state index contributed by atoms with van der Waals surface area (Å²) in [7, 11) is 1.65. The van der Waals surface area contributed by atoms with Crippen LogP contribution in [-0.2, 0) is 11.8 Å². The van der Waals surface area contributed by atoms with E-state index in [1.54, 1.807) is 25.4 Å². The summed E-state index contributed by atoms with van der Waals surface area (Å²) in [6, 6.07) is 17.5. The van der Waals surface area contributed by atoms with E-state index in [2.05, 4.69) is 42.6 Å². The highest BCUT2D eigenvalue weighted by Crippen LogP contribution is 2.45. The summed E-state index contributed by atoms with van der Waals surface area (Å²) in [6.45, 7) is 3.34. The first kappa shape index (κ1) is 21.5. The highest BCUT2D eigenvalue weighted by Gasteiger charge is 2.43. The molecule has 1 atom stereocenters. The number of carbonyl (C=O) groups is 1. The third kappa shape index (κ3) is 4.18. The van der Waals surface area contributed by atoms with Crippen LogP contribution in [0.1, 0.15) is 46.8 Å². The number of aryl methyl sites for hydroxylation is 2. The first-order valence-electron chi connectivity index (χ1n) is 11.4. The maximum Gasteiger partial charge on any atom is 0.263 e. The predicted molar refractivity (Wildman–Crippen MR) is 127 cm³/mol. The van der Waals surface area contributed by atoms with Gasteiger partial charge in [-0.2, -0.15) is 0 Å². The van der Waals surface area contributed by atoms with Gasteiger partial charge < -0.3 is 19.4 Å². The summed E-state index contributed by atoms with van der Waals surface area (Å²) < 4.78 is 13.5. The Morgan fingerprint density at radius 1 is 1.06 bits per heavy atom. The van der Waals surface area contributed by atoms with E-state index in [4.69, 9.17) is 9.47 Å². The molecule has 1 unspecified atom stereocenters. The number of hydrogen-bond acceptors (Lipinski definition) is 4. The number of rotatable bonds is 3. The maximum absolute atomic E-state index is 13.2. The van der Waals surface area contributed by atoms with Gasteiger partial charge in [0.1, 0.15) is 16.9 Å². The number of amides is 1. The van der Waals surface area contributed by atoms with E-state index < -0.39 is 0 Å². The molecule has 170 valence electrons. The largest absolute Gasteiger partial charge is 0.487 e. The van der Waals surface area contributed by atoms with Gasteiger partial charge in [0.2, 0.25) is 0 Å². The van der Waals surface area contributed by atoms with E-state index in [-0.39, 0.29) is 28.7 Å². The van der Waals surface area contributed by atoms with Crippen LogP contribution in [0.4, 0.5) is 0 Å². The summed E-state index contributed by atoms with van der Waals surface area (Å²) in [6.07, 6.45) is 3.82. The highest BCUT2D eigenvalue weighted by atomic mass is 16.5. The van der Waals surface area contributed by atoms with Gasteiger partial charge in [-0.05, 0) is 42.3 Å². The lowest BCUT2D eigenvalue weighted by molar-refractivity contribution is -0.0639. The number of hydrogen-bond donors (Lipinski definition) is 1. The van der Waals surface area contributed by atoms with Crippen molar-refractivity contribution < 1.29 is 14.3 Å². The molecule has 2 aromatic carbocycles. The Morgan fingerprint density at radius 3 is 2.64 bits per heavy atom. The normalized spacial score (nSPS) is 18.9. The van der Waals surface area contributed by atoms with Crippen LogP contribution in [0.5, 0.6) is 5.75 Å². The quantitative estimate of drug-likeness (QED) is 0.659. The highest BCUT2D eigenvalue weighted by molar-refractivity contribution is 5.94. The van der Waals surface area contributed by atoms with E-state index in [1.807, 2.05) is 12.1 Å². The van der Waals surface area contributed by atoms with Crippen LogP contribution in [0.3, 0.4) is 0 Å². The maximum atomic E-state index is 13.2. The van der Waals surface area contributed by atoms with E-state index in [1.165, 1.54) is 10.1 Å². The summed E-state index contributed by atoms with van der Waals surface area (Å²) in [5.74, 6) is 0.419. The van der Waals surface area contributed by atoms with Crippen molar-refractivity contribution in [1.82, 2.24) is 9.88 Å². The van der Waals surface area contributed by atoms with Gasteiger partial charge >= 0.3 is 0 Å². The molecule has 1 N–H and O–H groups in total. The van der Waals surface area contributed by atoms with E-state index in [0.717, 1.165) is 35.3 Å². The second kappa shape index (κ2) is 8.52. The lowest BCUT2D eigenvalue weighted by atomic mass is 9.81. The molecule has 3 aromatic rings. The van der Waals surface area contributed by atoms with Crippen LogP contribution < -0.4 is 15.6 Å². The van der Waals surface area contributed by atoms with Gasteiger partial charge in [0.05, 0.1) is 19.3 Å². The lowest BCUT2D eigenvalue weighted by Gasteiger charge is -2.44. The fourth-order valence-corrected chi connectivity index (χ4v) is 4.86. The Labute approximate surface area is 193 Å². The number of fused-ring (bicyclic) bond motifs is 1. The topological polar surface area (TPSA) is 69.6 Å². The minimum atomic E-state index is -0.379. The Hall–Kier alpha value is -3.38. The average Bonchev–Trinajstić information content (AvgIpc) is 2.81. The summed E-state index contributed by atoms with van der Waals surface area (Å²) >= 11 is 0. The van der Waals surface area contributed by atoms with Crippen LogP contribution in [0.15, 0.2) is 65.6 Å². The molecule has 33 heavy (non-hydrogen) atoms. The van der Waals surface area contributed by atoms with Crippen LogP contribution in [0, 0.1) is 6.92 Å². The lowest BCUT2D eigenvalue weighted by Crippen LogP contribution is -2.49. The van der Waals surface area contributed by atoms with Gasteiger partial charge in [-0.25, -0.2) is 0 Å². The molecule has 1 amide bonds. The Kier molecular flexibility index (Phi) is 5.54. The van der Waals surface area contributed by atoms with Crippen molar-refractivity contribution >= 4 is 5.91 Å². The number of aromatic nitrogens is 1. The van der Waals surface area contributed by atoms with E-state index in [9.17, 15) is 9.59 Å². The number of pyridine rings is 1. The van der Waals surface area contributed by atoms with Crippen molar-refractivity contribution in [2.75, 3.05) is 13.2 Å². The second-order valence-corrected chi connectivity index (χ2v) is 9.09. The summed E-state index contributed by atoms with van der Waals surface area (Å²) in [5.41, 5.74) is 3.76. The number of carbonyl (C=O) groups excluding carboxylic acids is 1. The van der Waals surface area contributed by atoms with Crippen LogP contribution in [-0.4, -0.2) is 29.3 Å². The molecule has 6 heteroatoms. The van der Waals surface area contributed by atoms with E-state index >= 15 is 0 Å². The third-order valence-corrected chi connectivity index (χ3v) is 6.72. The molecule has 1 aromatic heterocycles. The Morgan fingerprint density at radius 2 is 1.85 bits per heavy atom. The number of benzene rings is 2. The fourth-order valence-electron chi connectivity index (χ4n) is 4.86. The SMILES string of the molecule is Cc1cccc(-c2ccc3c(c2)C(NC(=O)c2cccn(C)c2=O)CC2(CCOCC2)O3)c1. The minimum Gasteiger partial charge on any atom is -0.487 e. The zero-order valence-corrected chi connectivity index (χ0v) is 19.0. The summed E-state index contributed by atoms with van der Waals surface area (Å²) in [5, 5.41) is 3.15. The average molecular weight is 445 g/mol. The van der Waals surface area contributed by atoms with Crippen LogP contribution in [0.2, 0.25) is 0 Å². The van der Waals surface area contributed by atoms with Crippen molar-refractivity contribution in [3.05, 3.63) is 87.8 Å². The molecule has 3 heterocycles.